The third kappa shape index (κ3) is 2.00. The Kier molecular flexibility index (Phi) is 3.06. The minimum absolute atomic E-state index is 0.167. The lowest BCUT2D eigenvalue weighted by molar-refractivity contribution is -0.0705. The highest BCUT2D eigenvalue weighted by molar-refractivity contribution is 5.97. The van der Waals surface area contributed by atoms with E-state index in [9.17, 15) is 9.18 Å². The summed E-state index contributed by atoms with van der Waals surface area (Å²) < 4.78 is 18.7. The van der Waals surface area contributed by atoms with Gasteiger partial charge < -0.3 is 4.74 Å². The van der Waals surface area contributed by atoms with Gasteiger partial charge in [-0.15, -0.1) is 0 Å². The van der Waals surface area contributed by atoms with Crippen molar-refractivity contribution in [3.05, 3.63) is 35.6 Å². The van der Waals surface area contributed by atoms with Crippen LogP contribution in [0.3, 0.4) is 0 Å². The highest BCUT2D eigenvalue weighted by atomic mass is 19.1. The van der Waals surface area contributed by atoms with Gasteiger partial charge in [-0.05, 0) is 31.4 Å². The number of halogens is 1. The number of hydrogen-bond donors (Lipinski definition) is 0. The summed E-state index contributed by atoms with van der Waals surface area (Å²) in [5.74, 6) is -0.613. The van der Waals surface area contributed by atoms with Crippen LogP contribution in [0.25, 0.3) is 0 Å². The summed E-state index contributed by atoms with van der Waals surface area (Å²) >= 11 is 0. The molecule has 1 aromatic carbocycles. The third-order valence-corrected chi connectivity index (χ3v) is 3.35. The molecule has 1 aromatic rings. The summed E-state index contributed by atoms with van der Waals surface area (Å²) in [5, 5.41) is 0. The van der Waals surface area contributed by atoms with E-state index in [0.29, 0.717) is 0 Å². The van der Waals surface area contributed by atoms with Crippen molar-refractivity contribution < 1.29 is 13.9 Å². The molecular formula is C13H15FO2. The van der Waals surface area contributed by atoms with Crippen LogP contribution in [0, 0.1) is 5.82 Å². The zero-order chi connectivity index (χ0) is 11.6. The fraction of sp³-hybridized carbons (Fsp3) is 0.462. The zero-order valence-corrected chi connectivity index (χ0v) is 9.33. The standard InChI is InChI=1S/C13H15FO2/c1-16-13(7-4-8-13)9-12(15)10-5-2-3-6-11(10)14/h2-3,5-6H,4,7-9H2,1H3. The number of Topliss-reactive ketones (excluding diaryl/α,β-unsaturated/α-hetero) is 1. The number of rotatable bonds is 4. The average Bonchev–Trinajstić information content (AvgIpc) is 2.24. The molecule has 0 atom stereocenters. The monoisotopic (exact) mass is 222 g/mol. The first kappa shape index (κ1) is 11.3. The van der Waals surface area contributed by atoms with Crippen molar-refractivity contribution in [1.29, 1.82) is 0 Å². The molecule has 0 aromatic heterocycles. The maximum absolute atomic E-state index is 13.4. The molecule has 1 saturated carbocycles. The van der Waals surface area contributed by atoms with Gasteiger partial charge in [-0.3, -0.25) is 4.79 Å². The van der Waals surface area contributed by atoms with Crippen molar-refractivity contribution in [2.24, 2.45) is 0 Å². The predicted octanol–water partition coefficient (Wildman–Crippen LogP) is 2.97. The Morgan fingerprint density at radius 2 is 2.12 bits per heavy atom. The maximum atomic E-state index is 13.4. The van der Waals surface area contributed by atoms with Crippen molar-refractivity contribution in [2.75, 3.05) is 7.11 Å². The van der Waals surface area contributed by atoms with E-state index in [-0.39, 0.29) is 23.4 Å². The Morgan fingerprint density at radius 1 is 1.44 bits per heavy atom. The molecule has 0 unspecified atom stereocenters. The van der Waals surface area contributed by atoms with E-state index in [1.807, 2.05) is 0 Å². The zero-order valence-electron chi connectivity index (χ0n) is 9.33. The molecule has 16 heavy (non-hydrogen) atoms. The molecule has 0 bridgehead atoms. The number of methoxy groups -OCH3 is 1. The second kappa shape index (κ2) is 4.34. The Balaban J connectivity index is 2.11. The van der Waals surface area contributed by atoms with Crippen LogP contribution in [0.2, 0.25) is 0 Å². The van der Waals surface area contributed by atoms with Gasteiger partial charge in [0.1, 0.15) is 5.82 Å². The normalized spacial score (nSPS) is 17.9. The Hall–Kier alpha value is -1.22. The van der Waals surface area contributed by atoms with Gasteiger partial charge in [-0.2, -0.15) is 0 Å². The Labute approximate surface area is 94.4 Å². The Morgan fingerprint density at radius 3 is 2.62 bits per heavy atom. The number of ether oxygens (including phenoxy) is 1. The van der Waals surface area contributed by atoms with Crippen LogP contribution >= 0.6 is 0 Å². The van der Waals surface area contributed by atoms with Gasteiger partial charge in [-0.1, -0.05) is 12.1 Å². The smallest absolute Gasteiger partial charge is 0.168 e. The van der Waals surface area contributed by atoms with Gasteiger partial charge in [-0.25, -0.2) is 4.39 Å². The maximum Gasteiger partial charge on any atom is 0.168 e. The molecule has 1 aliphatic carbocycles. The summed E-state index contributed by atoms with van der Waals surface area (Å²) in [7, 11) is 1.62. The van der Waals surface area contributed by atoms with Gasteiger partial charge in [0, 0.05) is 13.5 Å². The van der Waals surface area contributed by atoms with Crippen LogP contribution in [-0.2, 0) is 4.74 Å². The van der Waals surface area contributed by atoms with E-state index in [1.165, 1.54) is 12.1 Å². The highest BCUT2D eigenvalue weighted by Gasteiger charge is 2.39. The Bertz CT molecular complexity index is 391. The van der Waals surface area contributed by atoms with E-state index in [1.54, 1.807) is 19.2 Å². The molecule has 1 fully saturated rings. The molecule has 0 radical (unpaired) electrons. The first-order valence-electron chi connectivity index (χ1n) is 5.50. The quantitative estimate of drug-likeness (QED) is 0.732. The lowest BCUT2D eigenvalue weighted by Gasteiger charge is -2.40. The number of ketones is 1. The molecule has 2 nitrogen and oxygen atoms in total. The van der Waals surface area contributed by atoms with E-state index in [4.69, 9.17) is 4.74 Å². The molecule has 2 rings (SSSR count). The molecule has 86 valence electrons. The number of carbonyl (C=O) groups is 1. The van der Waals surface area contributed by atoms with Gasteiger partial charge in [0.05, 0.1) is 11.2 Å². The largest absolute Gasteiger partial charge is 0.378 e. The van der Waals surface area contributed by atoms with E-state index < -0.39 is 5.82 Å². The fourth-order valence-corrected chi connectivity index (χ4v) is 2.10. The molecule has 0 aliphatic heterocycles. The second-order valence-electron chi connectivity index (χ2n) is 4.32. The third-order valence-electron chi connectivity index (χ3n) is 3.35. The fourth-order valence-electron chi connectivity index (χ4n) is 2.10. The predicted molar refractivity (Wildman–Crippen MR) is 58.9 cm³/mol. The van der Waals surface area contributed by atoms with Crippen molar-refractivity contribution in [2.45, 2.75) is 31.3 Å². The summed E-state index contributed by atoms with van der Waals surface area (Å²) in [5.41, 5.74) is -0.162. The van der Waals surface area contributed by atoms with Crippen molar-refractivity contribution >= 4 is 5.78 Å². The molecular weight excluding hydrogens is 207 g/mol. The molecule has 0 amide bonds. The molecule has 1 aliphatic rings. The highest BCUT2D eigenvalue weighted by Crippen LogP contribution is 2.38. The lowest BCUT2D eigenvalue weighted by Crippen LogP contribution is -2.41. The summed E-state index contributed by atoms with van der Waals surface area (Å²) in [6.45, 7) is 0. The van der Waals surface area contributed by atoms with Crippen molar-refractivity contribution in [3.8, 4) is 0 Å². The lowest BCUT2D eigenvalue weighted by atomic mass is 9.76. The average molecular weight is 222 g/mol. The molecule has 0 N–H and O–H groups in total. The van der Waals surface area contributed by atoms with Crippen LogP contribution in [0.4, 0.5) is 4.39 Å². The molecule has 0 spiro atoms. The van der Waals surface area contributed by atoms with E-state index in [0.717, 1.165) is 19.3 Å². The van der Waals surface area contributed by atoms with Crippen LogP contribution in [0.5, 0.6) is 0 Å². The van der Waals surface area contributed by atoms with Crippen molar-refractivity contribution in [3.63, 3.8) is 0 Å². The summed E-state index contributed by atoms with van der Waals surface area (Å²) in [6, 6.07) is 6.10. The summed E-state index contributed by atoms with van der Waals surface area (Å²) in [6.07, 6.45) is 3.15. The van der Waals surface area contributed by atoms with Crippen LogP contribution in [0.1, 0.15) is 36.0 Å². The topological polar surface area (TPSA) is 26.3 Å². The molecule has 0 heterocycles. The van der Waals surface area contributed by atoms with E-state index >= 15 is 0 Å². The molecule has 0 saturated heterocycles. The van der Waals surface area contributed by atoms with Crippen molar-refractivity contribution in [1.82, 2.24) is 0 Å². The van der Waals surface area contributed by atoms with Gasteiger partial charge in [0.2, 0.25) is 0 Å². The number of hydrogen-bond acceptors (Lipinski definition) is 2. The van der Waals surface area contributed by atoms with Crippen LogP contribution in [-0.4, -0.2) is 18.5 Å². The molecule has 3 heteroatoms. The van der Waals surface area contributed by atoms with Crippen LogP contribution in [0.15, 0.2) is 24.3 Å². The first-order chi connectivity index (χ1) is 7.67. The first-order valence-corrected chi connectivity index (χ1v) is 5.50. The minimum atomic E-state index is -0.446. The van der Waals surface area contributed by atoms with E-state index in [2.05, 4.69) is 0 Å². The van der Waals surface area contributed by atoms with Gasteiger partial charge in [0.15, 0.2) is 5.78 Å². The van der Waals surface area contributed by atoms with Gasteiger partial charge in [0.25, 0.3) is 0 Å². The second-order valence-corrected chi connectivity index (χ2v) is 4.32. The SMILES string of the molecule is COC1(CC(=O)c2ccccc2F)CCC1. The van der Waals surface area contributed by atoms with Gasteiger partial charge >= 0.3 is 0 Å². The number of carbonyl (C=O) groups excluding carboxylic acids is 1. The number of benzene rings is 1. The minimum Gasteiger partial charge on any atom is -0.378 e. The summed E-state index contributed by atoms with van der Waals surface area (Å²) in [4.78, 5) is 11.9. The van der Waals surface area contributed by atoms with Crippen LogP contribution < -0.4 is 0 Å².